The Bertz CT molecular complexity index is 677. The minimum Gasteiger partial charge on any atom is -0.355 e. The summed E-state index contributed by atoms with van der Waals surface area (Å²) in [7, 11) is 0. The fourth-order valence-electron chi connectivity index (χ4n) is 2.40. The summed E-state index contributed by atoms with van der Waals surface area (Å²) in [5.41, 5.74) is 1.46. The molecule has 1 saturated heterocycles. The third kappa shape index (κ3) is 2.15. The molecule has 1 aliphatic rings. The van der Waals surface area contributed by atoms with Crippen molar-refractivity contribution in [1.82, 2.24) is 4.98 Å². The Labute approximate surface area is 111 Å². The summed E-state index contributed by atoms with van der Waals surface area (Å²) in [5.74, 6) is 0.990. The summed E-state index contributed by atoms with van der Waals surface area (Å²) in [6.45, 7) is 1.30. The number of nitriles is 1. The third-order valence-electron chi connectivity index (χ3n) is 3.44. The molecule has 2 aromatic rings. The number of carbonyl (C=O) groups is 1. The normalized spacial score (nSPS) is 15.5. The lowest BCUT2D eigenvalue weighted by Crippen LogP contribution is -2.34. The second-order valence-electron chi connectivity index (χ2n) is 4.69. The van der Waals surface area contributed by atoms with Gasteiger partial charge in [0.15, 0.2) is 0 Å². The summed E-state index contributed by atoms with van der Waals surface area (Å²) in [6, 6.07) is 11.8. The van der Waals surface area contributed by atoms with Crippen LogP contribution in [0.15, 0.2) is 30.3 Å². The van der Waals surface area contributed by atoms with Crippen molar-refractivity contribution >= 4 is 22.5 Å². The van der Waals surface area contributed by atoms with Crippen molar-refractivity contribution in [3.63, 3.8) is 0 Å². The lowest BCUT2D eigenvalue weighted by atomic mass is 10.1. The zero-order valence-electron chi connectivity index (χ0n) is 10.5. The quantitative estimate of drug-likeness (QED) is 0.780. The van der Waals surface area contributed by atoms with Crippen LogP contribution in [0.25, 0.3) is 10.9 Å². The van der Waals surface area contributed by atoms with Crippen LogP contribution in [0.3, 0.4) is 0 Å². The molecule has 94 valence electrons. The van der Waals surface area contributed by atoms with E-state index in [1.54, 1.807) is 0 Å². The van der Waals surface area contributed by atoms with Crippen LogP contribution in [0.1, 0.15) is 18.4 Å². The molecule has 0 spiro atoms. The number of hydrogen-bond acceptors (Lipinski definition) is 4. The lowest BCUT2D eigenvalue weighted by Gasteiger charge is -2.27. The van der Waals surface area contributed by atoms with Crippen molar-refractivity contribution in [2.24, 2.45) is 0 Å². The minimum absolute atomic E-state index is 0.288. The number of benzene rings is 1. The Morgan fingerprint density at radius 3 is 2.68 bits per heavy atom. The number of anilines is 1. The van der Waals surface area contributed by atoms with E-state index in [0.717, 1.165) is 10.9 Å². The molecule has 3 rings (SSSR count). The van der Waals surface area contributed by atoms with Crippen molar-refractivity contribution in [2.45, 2.75) is 12.8 Å². The molecule has 0 amide bonds. The molecular weight excluding hydrogens is 238 g/mol. The number of aromatic nitrogens is 1. The molecule has 4 nitrogen and oxygen atoms in total. The van der Waals surface area contributed by atoms with E-state index in [1.807, 2.05) is 35.2 Å². The number of hydrogen-bond donors (Lipinski definition) is 0. The molecule has 1 aliphatic heterocycles. The van der Waals surface area contributed by atoms with Gasteiger partial charge >= 0.3 is 0 Å². The van der Waals surface area contributed by atoms with E-state index in [-0.39, 0.29) is 5.78 Å². The molecule has 0 unspecified atom stereocenters. The van der Waals surface area contributed by atoms with E-state index < -0.39 is 0 Å². The fraction of sp³-hybridized carbons (Fsp3) is 0.267. The highest BCUT2D eigenvalue weighted by Crippen LogP contribution is 2.24. The maximum absolute atomic E-state index is 11.3. The number of piperidine rings is 1. The predicted molar refractivity (Wildman–Crippen MR) is 72.9 cm³/mol. The zero-order chi connectivity index (χ0) is 13.2. The number of ketones is 1. The van der Waals surface area contributed by atoms with Gasteiger partial charge in [0.2, 0.25) is 0 Å². The molecule has 0 radical (unpaired) electrons. The fourth-order valence-corrected chi connectivity index (χ4v) is 2.40. The Morgan fingerprint density at radius 1 is 1.21 bits per heavy atom. The molecule has 2 heterocycles. The van der Waals surface area contributed by atoms with Crippen molar-refractivity contribution < 1.29 is 4.79 Å². The van der Waals surface area contributed by atoms with Crippen molar-refractivity contribution in [1.29, 1.82) is 5.26 Å². The highest BCUT2D eigenvalue weighted by atomic mass is 16.1. The van der Waals surface area contributed by atoms with Gasteiger partial charge in [-0.25, -0.2) is 4.98 Å². The van der Waals surface area contributed by atoms with E-state index in [0.29, 0.717) is 37.3 Å². The van der Waals surface area contributed by atoms with Gasteiger partial charge in [0.25, 0.3) is 0 Å². The van der Waals surface area contributed by atoms with Crippen molar-refractivity contribution in [2.75, 3.05) is 18.0 Å². The third-order valence-corrected chi connectivity index (χ3v) is 3.44. The molecule has 1 aromatic heterocycles. The van der Waals surface area contributed by atoms with E-state index in [1.165, 1.54) is 0 Å². The Morgan fingerprint density at radius 2 is 1.95 bits per heavy atom. The summed E-state index contributed by atoms with van der Waals surface area (Å²) >= 11 is 0. The Balaban J connectivity index is 2.07. The van der Waals surface area contributed by atoms with Crippen molar-refractivity contribution in [3.8, 4) is 6.07 Å². The van der Waals surface area contributed by atoms with Gasteiger partial charge < -0.3 is 4.90 Å². The average Bonchev–Trinajstić information content (AvgIpc) is 2.46. The molecule has 0 aliphatic carbocycles. The molecular formula is C15H13N3O. The van der Waals surface area contributed by atoms with Gasteiger partial charge in [0.1, 0.15) is 17.7 Å². The number of Topliss-reactive ketones (excluding diaryl/α,β-unsaturated/α-hetero) is 1. The molecule has 19 heavy (non-hydrogen) atoms. The molecule has 0 N–H and O–H groups in total. The van der Waals surface area contributed by atoms with Crippen LogP contribution in [0.2, 0.25) is 0 Å². The molecule has 1 fully saturated rings. The van der Waals surface area contributed by atoms with Crippen LogP contribution >= 0.6 is 0 Å². The van der Waals surface area contributed by atoms with Gasteiger partial charge in [-0.2, -0.15) is 5.26 Å². The van der Waals surface area contributed by atoms with E-state index in [2.05, 4.69) is 11.1 Å². The molecule has 0 atom stereocenters. The molecule has 4 heteroatoms. The molecule has 0 saturated carbocycles. The summed E-state index contributed by atoms with van der Waals surface area (Å²) in [4.78, 5) is 17.9. The van der Waals surface area contributed by atoms with Gasteiger partial charge in [0, 0.05) is 31.3 Å². The molecule has 0 bridgehead atoms. The summed E-state index contributed by atoms with van der Waals surface area (Å²) in [6.07, 6.45) is 1.08. The predicted octanol–water partition coefficient (Wildman–Crippen LogP) is 2.28. The topological polar surface area (TPSA) is 57.0 Å². The van der Waals surface area contributed by atoms with Crippen LogP contribution in [-0.4, -0.2) is 23.9 Å². The minimum atomic E-state index is 0.288. The number of para-hydroxylation sites is 1. The first-order valence-electron chi connectivity index (χ1n) is 6.34. The van der Waals surface area contributed by atoms with Gasteiger partial charge in [0.05, 0.1) is 11.1 Å². The smallest absolute Gasteiger partial charge is 0.147 e. The first-order chi connectivity index (χ1) is 9.28. The number of carbonyl (C=O) groups excluding carboxylic acids is 1. The van der Waals surface area contributed by atoms with E-state index in [9.17, 15) is 10.1 Å². The lowest BCUT2D eigenvalue weighted by molar-refractivity contribution is -0.119. The zero-order valence-corrected chi connectivity index (χ0v) is 10.5. The van der Waals surface area contributed by atoms with Gasteiger partial charge in [-0.05, 0) is 12.1 Å². The number of fused-ring (bicyclic) bond motifs is 1. The van der Waals surface area contributed by atoms with Crippen LogP contribution in [-0.2, 0) is 4.79 Å². The average molecular weight is 251 g/mol. The highest BCUT2D eigenvalue weighted by Gasteiger charge is 2.20. The van der Waals surface area contributed by atoms with Crippen LogP contribution < -0.4 is 4.90 Å². The van der Waals surface area contributed by atoms with Crippen molar-refractivity contribution in [3.05, 3.63) is 35.9 Å². The second-order valence-corrected chi connectivity index (χ2v) is 4.69. The SMILES string of the molecule is N#Cc1cc2ccccc2nc1N1CCC(=O)CC1. The summed E-state index contributed by atoms with van der Waals surface area (Å²) in [5, 5.41) is 10.2. The van der Waals surface area contributed by atoms with Gasteiger partial charge in [-0.1, -0.05) is 18.2 Å². The first-order valence-corrected chi connectivity index (χ1v) is 6.34. The highest BCUT2D eigenvalue weighted by molar-refractivity contribution is 5.84. The maximum Gasteiger partial charge on any atom is 0.147 e. The number of nitrogens with zero attached hydrogens (tertiary/aromatic N) is 3. The second kappa shape index (κ2) is 4.69. The van der Waals surface area contributed by atoms with Gasteiger partial charge in [-0.15, -0.1) is 0 Å². The van der Waals surface area contributed by atoms with Crippen LogP contribution in [0, 0.1) is 11.3 Å². The first kappa shape index (κ1) is 11.7. The summed E-state index contributed by atoms with van der Waals surface area (Å²) < 4.78 is 0. The maximum atomic E-state index is 11.3. The molecule has 1 aromatic carbocycles. The monoisotopic (exact) mass is 251 g/mol. The Kier molecular flexibility index (Phi) is 2.88. The van der Waals surface area contributed by atoms with Crippen LogP contribution in [0.5, 0.6) is 0 Å². The largest absolute Gasteiger partial charge is 0.355 e. The van der Waals surface area contributed by atoms with E-state index >= 15 is 0 Å². The number of pyridine rings is 1. The van der Waals surface area contributed by atoms with Gasteiger partial charge in [-0.3, -0.25) is 4.79 Å². The Hall–Kier alpha value is -2.41. The number of rotatable bonds is 1. The van der Waals surface area contributed by atoms with E-state index in [4.69, 9.17) is 0 Å². The standard InChI is InChI=1S/C15H13N3O/c16-10-12-9-11-3-1-2-4-14(11)17-15(12)18-7-5-13(19)6-8-18/h1-4,9H,5-8H2. The van der Waals surface area contributed by atoms with Crippen LogP contribution in [0.4, 0.5) is 5.82 Å².